The summed E-state index contributed by atoms with van der Waals surface area (Å²) in [6, 6.07) is 3.85. The van der Waals surface area contributed by atoms with E-state index in [1.165, 1.54) is 12.2 Å². The molecule has 32 heavy (non-hydrogen) atoms. The molecule has 1 atom stereocenters. The molecule has 0 aliphatic heterocycles. The van der Waals surface area contributed by atoms with Gasteiger partial charge in [0.05, 0.1) is 13.2 Å². The van der Waals surface area contributed by atoms with Crippen molar-refractivity contribution in [2.75, 3.05) is 26.9 Å². The van der Waals surface area contributed by atoms with Crippen LogP contribution in [0.1, 0.15) is 52.5 Å². The average molecular weight is 444 g/mol. The number of carboxylic acids is 1. The van der Waals surface area contributed by atoms with Gasteiger partial charge in [0.2, 0.25) is 0 Å². The molecule has 1 aromatic carbocycles. The molecule has 6 nitrogen and oxygen atoms in total. The quantitative estimate of drug-likeness (QED) is 0.145. The molecule has 1 aromatic rings. The molecule has 0 heterocycles. The number of hydrogen-bond acceptors (Lipinski definition) is 5. The molecule has 1 N–H and O–H groups in total. The van der Waals surface area contributed by atoms with Crippen LogP contribution in [0.2, 0.25) is 6.82 Å². The maximum atomic E-state index is 12.5. The summed E-state index contributed by atoms with van der Waals surface area (Å²) in [6.45, 7) is 11.4. The van der Waals surface area contributed by atoms with E-state index in [0.29, 0.717) is 37.1 Å². The Morgan fingerprint density at radius 1 is 1.16 bits per heavy atom. The first-order valence-corrected chi connectivity index (χ1v) is 11.3. The highest BCUT2D eigenvalue weighted by atomic mass is 16.5. The molecule has 0 fully saturated rings. The molecule has 1 rings (SSSR count). The minimum absolute atomic E-state index is 0.252. The smallest absolute Gasteiger partial charge is 0.339 e. The van der Waals surface area contributed by atoms with Gasteiger partial charge in [-0.05, 0) is 43.3 Å². The van der Waals surface area contributed by atoms with Crippen molar-refractivity contribution in [3.63, 3.8) is 0 Å². The van der Waals surface area contributed by atoms with Crippen LogP contribution in [0, 0.1) is 5.92 Å². The van der Waals surface area contributed by atoms with Crippen LogP contribution in [-0.4, -0.2) is 51.1 Å². The highest BCUT2D eigenvalue weighted by molar-refractivity contribution is 6.53. The third-order valence-electron chi connectivity index (χ3n) is 5.42. The summed E-state index contributed by atoms with van der Waals surface area (Å²) in [5.74, 6) is 0.154. The van der Waals surface area contributed by atoms with Crippen LogP contribution in [0.15, 0.2) is 29.9 Å². The number of ketones is 1. The number of ether oxygens (including phenoxy) is 3. The van der Waals surface area contributed by atoms with Crippen molar-refractivity contribution >= 4 is 30.1 Å². The van der Waals surface area contributed by atoms with Crippen molar-refractivity contribution in [3.8, 4) is 11.5 Å². The van der Waals surface area contributed by atoms with Crippen molar-refractivity contribution in [1.29, 1.82) is 0 Å². The molecule has 0 aliphatic carbocycles. The van der Waals surface area contributed by atoms with E-state index < -0.39 is 11.8 Å². The second-order valence-electron chi connectivity index (χ2n) is 7.85. The largest absolute Gasteiger partial charge is 0.494 e. The van der Waals surface area contributed by atoms with Crippen molar-refractivity contribution in [3.05, 3.63) is 35.4 Å². The first-order chi connectivity index (χ1) is 15.3. The molecule has 1 unspecified atom stereocenters. The molecular weight excluding hydrogens is 407 g/mol. The van der Waals surface area contributed by atoms with Crippen molar-refractivity contribution < 1.29 is 28.9 Å². The lowest BCUT2D eigenvalue weighted by atomic mass is 9.72. The monoisotopic (exact) mass is 444 g/mol. The van der Waals surface area contributed by atoms with Gasteiger partial charge in [-0.1, -0.05) is 39.2 Å². The van der Waals surface area contributed by atoms with E-state index in [-0.39, 0.29) is 5.57 Å². The van der Waals surface area contributed by atoms with Crippen molar-refractivity contribution in [1.82, 2.24) is 0 Å². The van der Waals surface area contributed by atoms with E-state index in [1.54, 1.807) is 21.0 Å². The zero-order valence-corrected chi connectivity index (χ0v) is 20.3. The Morgan fingerprint density at radius 2 is 1.84 bits per heavy atom. The lowest BCUT2D eigenvalue weighted by Crippen LogP contribution is -2.18. The fourth-order valence-corrected chi connectivity index (χ4v) is 3.13. The van der Waals surface area contributed by atoms with Gasteiger partial charge in [-0.15, -0.1) is 0 Å². The molecule has 0 aromatic heterocycles. The summed E-state index contributed by atoms with van der Waals surface area (Å²) in [6.07, 6.45) is 5.44. The summed E-state index contributed by atoms with van der Waals surface area (Å²) < 4.78 is 17.2. The van der Waals surface area contributed by atoms with Gasteiger partial charge in [0.15, 0.2) is 13.1 Å². The van der Waals surface area contributed by atoms with Crippen molar-refractivity contribution in [2.45, 2.75) is 53.8 Å². The number of carbonyl (C=O) groups excluding carboxylic acids is 1. The molecule has 0 bridgehead atoms. The predicted octanol–water partition coefficient (Wildman–Crippen LogP) is 4.03. The van der Waals surface area contributed by atoms with Crippen LogP contribution in [0.5, 0.6) is 11.5 Å². The zero-order valence-electron chi connectivity index (χ0n) is 20.3. The molecule has 0 radical (unpaired) electrons. The van der Waals surface area contributed by atoms with Crippen LogP contribution >= 0.6 is 0 Å². The van der Waals surface area contributed by atoms with Gasteiger partial charge in [0.1, 0.15) is 17.1 Å². The number of benzene rings is 1. The molecule has 0 saturated carbocycles. The van der Waals surface area contributed by atoms with Gasteiger partial charge >= 0.3 is 5.97 Å². The maximum Gasteiger partial charge on any atom is 0.339 e. The van der Waals surface area contributed by atoms with Gasteiger partial charge < -0.3 is 19.3 Å². The SMILES string of the molecule is CBc1cc(/C(C)=C/C(=O)/C(=C\C)C(=O)O)c(OCCC(C)CC)cc1OCCCOC. The minimum atomic E-state index is -1.24. The minimum Gasteiger partial charge on any atom is -0.494 e. The summed E-state index contributed by atoms with van der Waals surface area (Å²) in [7, 11) is 2.41. The standard InChI is InChI=1S/C25H37BO6/c1-7-17(3)10-13-32-23-16-24(31-12-9-11-30-6)21(26-5)15-20(23)18(4)14-22(27)19(8-2)25(28)29/h8,14-17,26H,7,9-13H2,1-6H3,(H,28,29)/b18-14+,19-8+. The molecule has 0 aliphatic rings. The van der Waals surface area contributed by atoms with E-state index in [2.05, 4.69) is 13.8 Å². The number of rotatable bonds is 15. The lowest BCUT2D eigenvalue weighted by molar-refractivity contribution is -0.134. The Hall–Kier alpha value is -2.54. The third kappa shape index (κ3) is 8.54. The van der Waals surface area contributed by atoms with E-state index in [0.717, 1.165) is 43.3 Å². The molecular formula is C25H37BO6. The fraction of sp³-hybridized carbons (Fsp3) is 0.520. The Morgan fingerprint density at radius 3 is 2.41 bits per heavy atom. The third-order valence-corrected chi connectivity index (χ3v) is 5.42. The van der Waals surface area contributed by atoms with Gasteiger partial charge in [-0.25, -0.2) is 4.79 Å². The molecule has 0 spiro atoms. The number of methoxy groups -OCH3 is 1. The molecule has 176 valence electrons. The Bertz CT molecular complexity index is 828. The number of hydrogen-bond donors (Lipinski definition) is 1. The van der Waals surface area contributed by atoms with Gasteiger partial charge in [0, 0.05) is 31.8 Å². The fourth-order valence-electron chi connectivity index (χ4n) is 3.13. The Balaban J connectivity index is 3.31. The van der Waals surface area contributed by atoms with Gasteiger partial charge in [0.25, 0.3) is 0 Å². The molecule has 7 heteroatoms. The summed E-state index contributed by atoms with van der Waals surface area (Å²) in [4.78, 5) is 23.8. The van der Waals surface area contributed by atoms with Gasteiger partial charge in [-0.2, -0.15) is 0 Å². The highest BCUT2D eigenvalue weighted by Crippen LogP contribution is 2.30. The maximum absolute atomic E-state index is 12.5. The number of carboxylic acid groups (broad SMARTS) is 1. The number of aliphatic carboxylic acids is 1. The van der Waals surface area contributed by atoms with Gasteiger partial charge in [-0.3, -0.25) is 4.79 Å². The Labute approximate surface area is 192 Å². The zero-order chi connectivity index (χ0) is 24.1. The van der Waals surface area contributed by atoms with Crippen LogP contribution in [0.4, 0.5) is 0 Å². The topological polar surface area (TPSA) is 82.1 Å². The summed E-state index contributed by atoms with van der Waals surface area (Å²) >= 11 is 0. The first kappa shape index (κ1) is 27.5. The molecule has 0 saturated heterocycles. The second-order valence-corrected chi connectivity index (χ2v) is 7.85. The normalized spacial score (nSPS) is 12.9. The van der Waals surface area contributed by atoms with Crippen LogP contribution in [0.3, 0.4) is 0 Å². The lowest BCUT2D eigenvalue weighted by Gasteiger charge is -2.18. The second kappa shape index (κ2) is 14.5. The van der Waals surface area contributed by atoms with E-state index in [1.807, 2.05) is 19.0 Å². The van der Waals surface area contributed by atoms with E-state index in [9.17, 15) is 14.7 Å². The van der Waals surface area contributed by atoms with Crippen LogP contribution in [0.25, 0.3) is 5.57 Å². The average Bonchev–Trinajstić information content (AvgIpc) is 2.76. The predicted molar refractivity (Wildman–Crippen MR) is 131 cm³/mol. The number of allylic oxidation sites excluding steroid dienone is 3. The van der Waals surface area contributed by atoms with E-state index in [4.69, 9.17) is 14.2 Å². The van der Waals surface area contributed by atoms with Crippen molar-refractivity contribution in [2.24, 2.45) is 5.92 Å². The first-order valence-electron chi connectivity index (χ1n) is 11.3. The Kier molecular flexibility index (Phi) is 12.5. The number of carbonyl (C=O) groups is 2. The summed E-state index contributed by atoms with van der Waals surface area (Å²) in [5, 5.41) is 9.24. The molecule has 0 amide bonds. The highest BCUT2D eigenvalue weighted by Gasteiger charge is 2.18. The van der Waals surface area contributed by atoms with Crippen LogP contribution in [-0.2, 0) is 14.3 Å². The van der Waals surface area contributed by atoms with E-state index >= 15 is 0 Å². The van der Waals surface area contributed by atoms with Crippen LogP contribution < -0.4 is 14.9 Å². The summed E-state index contributed by atoms with van der Waals surface area (Å²) in [5.41, 5.74) is 2.16.